The first kappa shape index (κ1) is 12.3. The van der Waals surface area contributed by atoms with Gasteiger partial charge in [0.05, 0.1) is 12.1 Å². The monoisotopic (exact) mass is 251 g/mol. The minimum atomic E-state index is -0.618. The number of ketones is 1. The van der Waals surface area contributed by atoms with Crippen LogP contribution in [0.25, 0.3) is 0 Å². The van der Waals surface area contributed by atoms with E-state index in [0.717, 1.165) is 10.8 Å². The van der Waals surface area contributed by atoms with Crippen molar-refractivity contribution in [1.29, 1.82) is 0 Å². The maximum atomic E-state index is 11.9. The van der Waals surface area contributed by atoms with Crippen LogP contribution in [0.1, 0.15) is 30.1 Å². The third-order valence-corrected chi connectivity index (χ3v) is 2.93. The van der Waals surface area contributed by atoms with E-state index < -0.39 is 17.0 Å². The molecule has 7 heteroatoms. The second-order valence-corrected chi connectivity index (χ2v) is 4.28. The molecule has 0 radical (unpaired) electrons. The fourth-order valence-corrected chi connectivity index (χ4v) is 1.96. The maximum absolute atomic E-state index is 11.9. The molecule has 1 aliphatic heterocycles. The minimum Gasteiger partial charge on any atom is -0.352 e. The molecule has 18 heavy (non-hydrogen) atoms. The normalized spacial score (nSPS) is 18.7. The first-order valence-electron chi connectivity index (χ1n) is 5.62. The average molecular weight is 251 g/mol. The topological polar surface area (TPSA) is 101 Å². The summed E-state index contributed by atoms with van der Waals surface area (Å²) in [6.07, 6.45) is 2.09. The van der Waals surface area contributed by atoms with Gasteiger partial charge in [0, 0.05) is 18.7 Å². The summed E-state index contributed by atoms with van der Waals surface area (Å²) >= 11 is 0. The number of hydrogen-bond donors (Lipinski definition) is 2. The SMILES string of the molecule is CC(=O)c1c[nH]c(=O)n(CC2CCC(=O)N2)c1=O. The second kappa shape index (κ2) is 4.59. The molecular formula is C11H13N3O4. The maximum Gasteiger partial charge on any atom is 0.328 e. The summed E-state index contributed by atoms with van der Waals surface area (Å²) in [6.45, 7) is 1.35. The molecule has 0 saturated carbocycles. The van der Waals surface area contributed by atoms with E-state index in [1.807, 2.05) is 0 Å². The molecule has 0 spiro atoms. The molecule has 1 amide bonds. The lowest BCUT2D eigenvalue weighted by molar-refractivity contribution is -0.119. The average Bonchev–Trinajstić information content (AvgIpc) is 2.69. The van der Waals surface area contributed by atoms with Crippen LogP contribution >= 0.6 is 0 Å². The predicted octanol–water partition coefficient (Wildman–Crippen LogP) is -0.982. The quantitative estimate of drug-likeness (QED) is 0.674. The molecule has 1 unspecified atom stereocenters. The van der Waals surface area contributed by atoms with Crippen molar-refractivity contribution in [3.8, 4) is 0 Å². The van der Waals surface area contributed by atoms with E-state index in [-0.39, 0.29) is 24.1 Å². The van der Waals surface area contributed by atoms with Gasteiger partial charge in [0.15, 0.2) is 5.78 Å². The van der Waals surface area contributed by atoms with Crippen LogP contribution in [0, 0.1) is 0 Å². The van der Waals surface area contributed by atoms with Crippen molar-refractivity contribution < 1.29 is 9.59 Å². The first-order chi connectivity index (χ1) is 8.49. The van der Waals surface area contributed by atoms with Crippen molar-refractivity contribution in [2.75, 3.05) is 0 Å². The number of rotatable bonds is 3. The van der Waals surface area contributed by atoms with E-state index in [0.29, 0.717) is 12.8 Å². The van der Waals surface area contributed by atoms with Crippen LogP contribution in [0.15, 0.2) is 15.8 Å². The van der Waals surface area contributed by atoms with Gasteiger partial charge in [-0.1, -0.05) is 0 Å². The fraction of sp³-hybridized carbons (Fsp3) is 0.455. The molecule has 1 saturated heterocycles. The number of aromatic nitrogens is 2. The fourth-order valence-electron chi connectivity index (χ4n) is 1.96. The summed E-state index contributed by atoms with van der Waals surface area (Å²) in [5.74, 6) is -0.493. The van der Waals surface area contributed by atoms with Crippen molar-refractivity contribution in [2.45, 2.75) is 32.4 Å². The molecule has 1 aromatic heterocycles. The number of H-pyrrole nitrogens is 1. The van der Waals surface area contributed by atoms with Crippen LogP contribution in [-0.2, 0) is 11.3 Å². The molecule has 2 heterocycles. The van der Waals surface area contributed by atoms with Crippen molar-refractivity contribution in [3.63, 3.8) is 0 Å². The molecule has 0 bridgehead atoms. The Kier molecular flexibility index (Phi) is 3.14. The van der Waals surface area contributed by atoms with E-state index in [4.69, 9.17) is 0 Å². The largest absolute Gasteiger partial charge is 0.352 e. The summed E-state index contributed by atoms with van der Waals surface area (Å²) < 4.78 is 0.951. The Morgan fingerprint density at radius 3 is 2.72 bits per heavy atom. The highest BCUT2D eigenvalue weighted by Crippen LogP contribution is 2.07. The second-order valence-electron chi connectivity index (χ2n) is 4.28. The molecular weight excluding hydrogens is 238 g/mol. The van der Waals surface area contributed by atoms with E-state index in [1.165, 1.54) is 6.92 Å². The smallest absolute Gasteiger partial charge is 0.328 e. The van der Waals surface area contributed by atoms with Crippen molar-refractivity contribution in [2.24, 2.45) is 0 Å². The number of carbonyl (C=O) groups excluding carboxylic acids is 2. The van der Waals surface area contributed by atoms with Crippen molar-refractivity contribution >= 4 is 11.7 Å². The van der Waals surface area contributed by atoms with Gasteiger partial charge in [-0.15, -0.1) is 0 Å². The zero-order chi connectivity index (χ0) is 13.3. The molecule has 96 valence electrons. The Bertz CT molecular complexity index is 613. The van der Waals surface area contributed by atoms with E-state index in [1.54, 1.807) is 0 Å². The molecule has 1 aliphatic rings. The molecule has 2 N–H and O–H groups in total. The Balaban J connectivity index is 2.35. The van der Waals surface area contributed by atoms with Gasteiger partial charge < -0.3 is 10.3 Å². The summed E-state index contributed by atoms with van der Waals surface area (Å²) in [5, 5.41) is 2.67. The summed E-state index contributed by atoms with van der Waals surface area (Å²) in [4.78, 5) is 48.1. The zero-order valence-corrected chi connectivity index (χ0v) is 9.86. The lowest BCUT2D eigenvalue weighted by Gasteiger charge is -2.11. The molecule has 2 rings (SSSR count). The molecule has 0 aromatic carbocycles. The number of carbonyl (C=O) groups is 2. The van der Waals surface area contributed by atoms with Gasteiger partial charge in [-0.05, 0) is 13.3 Å². The van der Waals surface area contributed by atoms with Gasteiger partial charge in [0.25, 0.3) is 5.56 Å². The predicted molar refractivity (Wildman–Crippen MR) is 62.5 cm³/mol. The van der Waals surface area contributed by atoms with Crippen molar-refractivity contribution in [3.05, 3.63) is 32.6 Å². The third kappa shape index (κ3) is 2.24. The van der Waals surface area contributed by atoms with Gasteiger partial charge in [0.2, 0.25) is 5.91 Å². The number of hydrogen-bond acceptors (Lipinski definition) is 4. The van der Waals surface area contributed by atoms with Gasteiger partial charge >= 0.3 is 5.69 Å². The molecule has 1 atom stereocenters. The lowest BCUT2D eigenvalue weighted by atomic mass is 10.2. The number of amides is 1. The van der Waals surface area contributed by atoms with E-state index in [9.17, 15) is 19.2 Å². The Labute approximate surface area is 102 Å². The van der Waals surface area contributed by atoms with Crippen LogP contribution in [0.2, 0.25) is 0 Å². The highest BCUT2D eigenvalue weighted by atomic mass is 16.2. The summed E-state index contributed by atoms with van der Waals surface area (Å²) in [7, 11) is 0. The van der Waals surface area contributed by atoms with E-state index in [2.05, 4.69) is 10.3 Å². The van der Waals surface area contributed by atoms with Crippen LogP contribution in [-0.4, -0.2) is 27.3 Å². The van der Waals surface area contributed by atoms with Crippen molar-refractivity contribution in [1.82, 2.24) is 14.9 Å². The van der Waals surface area contributed by atoms with E-state index >= 15 is 0 Å². The number of aromatic amines is 1. The molecule has 7 nitrogen and oxygen atoms in total. The van der Waals surface area contributed by atoms with Crippen LogP contribution < -0.4 is 16.6 Å². The third-order valence-electron chi connectivity index (χ3n) is 2.93. The standard InChI is InChI=1S/C11H13N3O4/c1-6(15)8-4-12-11(18)14(10(8)17)5-7-2-3-9(16)13-7/h4,7H,2-3,5H2,1H3,(H,12,18)(H,13,16). The molecule has 1 fully saturated rings. The summed E-state index contributed by atoms with van der Waals surface area (Å²) in [6, 6.07) is -0.237. The van der Waals surface area contributed by atoms with Gasteiger partial charge in [-0.25, -0.2) is 4.79 Å². The Hall–Kier alpha value is -2.18. The lowest BCUT2D eigenvalue weighted by Crippen LogP contribution is -2.43. The Morgan fingerprint density at radius 1 is 1.44 bits per heavy atom. The highest BCUT2D eigenvalue weighted by Gasteiger charge is 2.22. The van der Waals surface area contributed by atoms with Gasteiger partial charge in [0.1, 0.15) is 0 Å². The zero-order valence-electron chi connectivity index (χ0n) is 9.86. The summed E-state index contributed by atoms with van der Waals surface area (Å²) in [5.41, 5.74) is -1.25. The highest BCUT2D eigenvalue weighted by molar-refractivity contribution is 5.93. The molecule has 1 aromatic rings. The van der Waals surface area contributed by atoms with Gasteiger partial charge in [-0.2, -0.15) is 0 Å². The van der Waals surface area contributed by atoms with Crippen LogP contribution in [0.4, 0.5) is 0 Å². The van der Waals surface area contributed by atoms with Crippen LogP contribution in [0.5, 0.6) is 0 Å². The molecule has 0 aliphatic carbocycles. The number of nitrogens with one attached hydrogen (secondary N) is 2. The number of Topliss-reactive ketones (excluding diaryl/α,β-unsaturated/α-hetero) is 1. The minimum absolute atomic E-state index is 0.0566. The van der Waals surface area contributed by atoms with Crippen LogP contribution in [0.3, 0.4) is 0 Å². The number of nitrogens with zero attached hydrogens (tertiary/aromatic N) is 1. The van der Waals surface area contributed by atoms with Gasteiger partial charge in [-0.3, -0.25) is 19.0 Å². The first-order valence-corrected chi connectivity index (χ1v) is 5.62. The Morgan fingerprint density at radius 2 is 2.17 bits per heavy atom.